The van der Waals surface area contributed by atoms with E-state index in [1.54, 1.807) is 22.9 Å². The second-order valence-electron chi connectivity index (χ2n) is 7.72. The Kier molecular flexibility index (Phi) is 5.55. The molecule has 0 bridgehead atoms. The number of carbonyl (C=O) groups is 1. The van der Waals surface area contributed by atoms with E-state index in [0.29, 0.717) is 22.6 Å². The molecule has 1 amide bonds. The maximum atomic E-state index is 13.2. The zero-order valence-corrected chi connectivity index (χ0v) is 18.0. The van der Waals surface area contributed by atoms with Crippen LogP contribution < -0.4 is 5.32 Å². The van der Waals surface area contributed by atoms with Crippen molar-refractivity contribution in [3.8, 4) is 16.9 Å². The van der Waals surface area contributed by atoms with Crippen LogP contribution in [0.5, 0.6) is 0 Å². The highest BCUT2D eigenvalue weighted by atomic mass is 16.6. The third kappa shape index (κ3) is 4.27. The zero-order valence-electron chi connectivity index (χ0n) is 18.0. The van der Waals surface area contributed by atoms with Crippen molar-refractivity contribution in [3.63, 3.8) is 0 Å². The van der Waals surface area contributed by atoms with Crippen LogP contribution in [0.3, 0.4) is 0 Å². The van der Waals surface area contributed by atoms with Crippen LogP contribution in [0.25, 0.3) is 16.9 Å². The summed E-state index contributed by atoms with van der Waals surface area (Å²) < 4.78 is 1.60. The fourth-order valence-electron chi connectivity index (χ4n) is 3.41. The molecular weight excluding hydrogens is 404 g/mol. The van der Waals surface area contributed by atoms with Crippen LogP contribution in [0, 0.1) is 30.9 Å². The Labute approximate surface area is 185 Å². The smallest absolute Gasteiger partial charge is 0.274 e. The second-order valence-corrected chi connectivity index (χ2v) is 7.72. The molecule has 0 aliphatic carbocycles. The first-order valence-corrected chi connectivity index (χ1v) is 10.1. The van der Waals surface area contributed by atoms with Crippen molar-refractivity contribution in [2.24, 2.45) is 0 Å². The number of nitrogens with zero attached hydrogens (tertiary/aromatic N) is 3. The molecule has 7 heteroatoms. The van der Waals surface area contributed by atoms with E-state index in [0.717, 1.165) is 22.4 Å². The molecule has 0 atom stereocenters. The van der Waals surface area contributed by atoms with Gasteiger partial charge in [0.15, 0.2) is 0 Å². The SMILES string of the molecule is Cc1cccc(-n2nc(-c3ccc([N+](=O)[O-])cc3)cc2C(=O)Nc2ccc(C)c(C)c2)c1. The van der Waals surface area contributed by atoms with Crippen LogP contribution in [-0.4, -0.2) is 20.6 Å². The van der Waals surface area contributed by atoms with E-state index in [1.807, 2.05) is 63.2 Å². The fraction of sp³-hybridized carbons (Fsp3) is 0.120. The second kappa shape index (κ2) is 8.47. The molecule has 0 fully saturated rings. The van der Waals surface area contributed by atoms with Gasteiger partial charge in [0, 0.05) is 23.4 Å². The van der Waals surface area contributed by atoms with Gasteiger partial charge in [-0.2, -0.15) is 5.10 Å². The molecule has 3 aromatic carbocycles. The number of anilines is 1. The molecule has 1 heterocycles. The fourth-order valence-corrected chi connectivity index (χ4v) is 3.41. The van der Waals surface area contributed by atoms with Gasteiger partial charge >= 0.3 is 0 Å². The molecule has 0 saturated carbocycles. The Morgan fingerprint density at radius 3 is 2.34 bits per heavy atom. The lowest BCUT2D eigenvalue weighted by Crippen LogP contribution is -2.17. The summed E-state index contributed by atoms with van der Waals surface area (Å²) in [5.41, 5.74) is 6.32. The van der Waals surface area contributed by atoms with Gasteiger partial charge in [0.25, 0.3) is 11.6 Å². The number of nitrogens with one attached hydrogen (secondary N) is 1. The third-order valence-electron chi connectivity index (χ3n) is 5.33. The molecule has 1 N–H and O–H groups in total. The number of aromatic nitrogens is 2. The maximum absolute atomic E-state index is 13.2. The number of carbonyl (C=O) groups excluding carboxylic acids is 1. The summed E-state index contributed by atoms with van der Waals surface area (Å²) in [5, 5.41) is 18.6. The molecule has 32 heavy (non-hydrogen) atoms. The molecule has 0 unspecified atom stereocenters. The Bertz CT molecular complexity index is 1320. The first-order chi connectivity index (χ1) is 15.3. The minimum atomic E-state index is -0.447. The minimum absolute atomic E-state index is 0.000394. The first-order valence-electron chi connectivity index (χ1n) is 10.1. The lowest BCUT2D eigenvalue weighted by atomic mass is 10.1. The highest BCUT2D eigenvalue weighted by molar-refractivity contribution is 6.04. The number of rotatable bonds is 5. The number of aryl methyl sites for hydroxylation is 3. The van der Waals surface area contributed by atoms with Gasteiger partial charge in [0.2, 0.25) is 0 Å². The van der Waals surface area contributed by atoms with Gasteiger partial charge in [-0.25, -0.2) is 4.68 Å². The molecule has 0 spiro atoms. The Balaban J connectivity index is 1.76. The summed E-state index contributed by atoms with van der Waals surface area (Å²) in [6, 6.07) is 21.3. The van der Waals surface area contributed by atoms with Crippen molar-refractivity contribution in [1.29, 1.82) is 0 Å². The van der Waals surface area contributed by atoms with Crippen LogP contribution in [0.1, 0.15) is 27.2 Å². The first kappa shape index (κ1) is 21.0. The standard InChI is InChI=1S/C25H22N4O3/c1-16-5-4-6-22(13-16)28-24(25(30)26-20-10-7-17(2)18(3)14-20)15-23(27-28)19-8-11-21(12-9-19)29(31)32/h4-15H,1-3H3,(H,26,30). The van der Waals surface area contributed by atoms with Gasteiger partial charge in [-0.1, -0.05) is 18.2 Å². The Morgan fingerprint density at radius 2 is 1.69 bits per heavy atom. The maximum Gasteiger partial charge on any atom is 0.274 e. The summed E-state index contributed by atoms with van der Waals surface area (Å²) in [4.78, 5) is 23.7. The lowest BCUT2D eigenvalue weighted by molar-refractivity contribution is -0.384. The zero-order chi connectivity index (χ0) is 22.8. The van der Waals surface area contributed by atoms with Gasteiger partial charge in [0.1, 0.15) is 5.69 Å². The molecule has 0 radical (unpaired) electrons. The molecule has 0 saturated heterocycles. The number of amides is 1. The van der Waals surface area contributed by atoms with E-state index >= 15 is 0 Å². The predicted molar refractivity (Wildman–Crippen MR) is 124 cm³/mol. The molecule has 160 valence electrons. The molecule has 4 rings (SSSR count). The normalized spacial score (nSPS) is 10.7. The number of nitro groups is 1. The largest absolute Gasteiger partial charge is 0.321 e. The van der Waals surface area contributed by atoms with Gasteiger partial charge in [-0.15, -0.1) is 0 Å². The lowest BCUT2D eigenvalue weighted by Gasteiger charge is -2.10. The molecule has 4 aromatic rings. The molecular formula is C25H22N4O3. The summed E-state index contributed by atoms with van der Waals surface area (Å²) in [5.74, 6) is -0.296. The summed E-state index contributed by atoms with van der Waals surface area (Å²) in [7, 11) is 0. The van der Waals surface area contributed by atoms with Crippen LogP contribution in [0.4, 0.5) is 11.4 Å². The topological polar surface area (TPSA) is 90.1 Å². The highest BCUT2D eigenvalue weighted by Crippen LogP contribution is 2.25. The van der Waals surface area contributed by atoms with Crippen LogP contribution in [0.2, 0.25) is 0 Å². The number of benzene rings is 3. The third-order valence-corrected chi connectivity index (χ3v) is 5.33. The highest BCUT2D eigenvalue weighted by Gasteiger charge is 2.19. The number of non-ortho nitro benzene ring substituents is 1. The van der Waals surface area contributed by atoms with Crippen LogP contribution >= 0.6 is 0 Å². The van der Waals surface area contributed by atoms with E-state index < -0.39 is 4.92 Å². The van der Waals surface area contributed by atoms with Crippen molar-refractivity contribution < 1.29 is 9.72 Å². The number of nitro benzene ring substituents is 1. The average molecular weight is 426 g/mol. The average Bonchev–Trinajstić information content (AvgIpc) is 3.22. The van der Waals surface area contributed by atoms with Crippen molar-refractivity contribution in [2.75, 3.05) is 5.32 Å². The summed E-state index contributed by atoms with van der Waals surface area (Å²) in [6.45, 7) is 5.98. The van der Waals surface area contributed by atoms with Crippen molar-refractivity contribution >= 4 is 17.3 Å². The predicted octanol–water partition coefficient (Wildman–Crippen LogP) is 5.63. The number of hydrogen-bond donors (Lipinski definition) is 1. The molecule has 0 aliphatic rings. The Hall–Kier alpha value is -4.26. The minimum Gasteiger partial charge on any atom is -0.321 e. The van der Waals surface area contributed by atoms with E-state index in [2.05, 4.69) is 10.4 Å². The summed E-state index contributed by atoms with van der Waals surface area (Å²) in [6.07, 6.45) is 0. The van der Waals surface area contributed by atoms with Gasteiger partial charge < -0.3 is 5.32 Å². The quantitative estimate of drug-likeness (QED) is 0.331. The van der Waals surface area contributed by atoms with Crippen molar-refractivity contribution in [1.82, 2.24) is 9.78 Å². The van der Waals surface area contributed by atoms with E-state index in [4.69, 9.17) is 0 Å². The van der Waals surface area contributed by atoms with Gasteiger partial charge in [0.05, 0.1) is 16.3 Å². The van der Waals surface area contributed by atoms with Gasteiger partial charge in [-0.05, 0) is 79.9 Å². The van der Waals surface area contributed by atoms with Crippen LogP contribution in [-0.2, 0) is 0 Å². The Morgan fingerprint density at radius 1 is 0.938 bits per heavy atom. The van der Waals surface area contributed by atoms with Gasteiger partial charge in [-0.3, -0.25) is 14.9 Å². The van der Waals surface area contributed by atoms with Crippen molar-refractivity contribution in [3.05, 3.63) is 105 Å². The molecule has 1 aromatic heterocycles. The van der Waals surface area contributed by atoms with Crippen LogP contribution in [0.15, 0.2) is 72.8 Å². The summed E-state index contributed by atoms with van der Waals surface area (Å²) >= 11 is 0. The molecule has 0 aliphatic heterocycles. The van der Waals surface area contributed by atoms with Crippen molar-refractivity contribution in [2.45, 2.75) is 20.8 Å². The van der Waals surface area contributed by atoms with E-state index in [-0.39, 0.29) is 11.6 Å². The van der Waals surface area contributed by atoms with E-state index in [1.165, 1.54) is 12.1 Å². The monoisotopic (exact) mass is 426 g/mol. The number of hydrogen-bond acceptors (Lipinski definition) is 4. The molecule has 7 nitrogen and oxygen atoms in total. The van der Waals surface area contributed by atoms with E-state index in [9.17, 15) is 14.9 Å².